The van der Waals surface area contributed by atoms with Crippen LogP contribution in [0.1, 0.15) is 52.4 Å². The molecule has 0 aliphatic carbocycles. The number of ether oxygens (including phenoxy) is 1. The second kappa shape index (κ2) is 6.49. The molecule has 15 heavy (non-hydrogen) atoms. The van der Waals surface area contributed by atoms with E-state index in [2.05, 4.69) is 19.2 Å². The van der Waals surface area contributed by atoms with Gasteiger partial charge in [-0.2, -0.15) is 0 Å². The van der Waals surface area contributed by atoms with Crippen molar-refractivity contribution >= 4 is 0 Å². The molecule has 1 N–H and O–H groups in total. The highest BCUT2D eigenvalue weighted by Crippen LogP contribution is 2.28. The van der Waals surface area contributed by atoms with Crippen LogP contribution in [0.15, 0.2) is 0 Å². The molecule has 1 aliphatic heterocycles. The number of hydrogen-bond acceptors (Lipinski definition) is 2. The Kier molecular flexibility index (Phi) is 5.62. The minimum atomic E-state index is 0.480. The molecule has 2 atom stereocenters. The van der Waals surface area contributed by atoms with E-state index in [1.165, 1.54) is 38.5 Å². The van der Waals surface area contributed by atoms with Crippen LogP contribution in [0.4, 0.5) is 0 Å². The number of nitrogens with one attached hydrogen (secondary N) is 1. The maximum absolute atomic E-state index is 5.65. The highest BCUT2D eigenvalue weighted by molar-refractivity contribution is 4.76. The molecular weight excluding hydrogens is 186 g/mol. The van der Waals surface area contributed by atoms with E-state index >= 15 is 0 Å². The van der Waals surface area contributed by atoms with Gasteiger partial charge in [-0.15, -0.1) is 0 Å². The van der Waals surface area contributed by atoms with E-state index in [9.17, 15) is 0 Å². The monoisotopic (exact) mass is 213 g/mol. The van der Waals surface area contributed by atoms with Crippen molar-refractivity contribution in [1.82, 2.24) is 5.32 Å². The quantitative estimate of drug-likeness (QED) is 0.702. The lowest BCUT2D eigenvalue weighted by Gasteiger charge is -2.28. The molecular formula is C13H27NO. The Hall–Kier alpha value is -0.0800. The van der Waals surface area contributed by atoms with Gasteiger partial charge >= 0.3 is 0 Å². The summed E-state index contributed by atoms with van der Waals surface area (Å²) < 4.78 is 5.65. The summed E-state index contributed by atoms with van der Waals surface area (Å²) in [6.45, 7) is 6.81. The molecule has 0 aromatic rings. The van der Waals surface area contributed by atoms with Gasteiger partial charge in [0, 0.05) is 13.2 Å². The zero-order valence-electron chi connectivity index (χ0n) is 10.6. The largest absolute Gasteiger partial charge is 0.378 e. The fraction of sp³-hybridized carbons (Fsp3) is 1.00. The molecule has 1 aliphatic rings. The molecule has 1 fully saturated rings. The zero-order valence-corrected chi connectivity index (χ0v) is 10.6. The molecule has 2 nitrogen and oxygen atoms in total. The lowest BCUT2D eigenvalue weighted by atomic mass is 9.82. The Morgan fingerprint density at radius 3 is 2.80 bits per heavy atom. The predicted octanol–water partition coefficient (Wildman–Crippen LogP) is 2.97. The minimum absolute atomic E-state index is 0.480. The van der Waals surface area contributed by atoms with Gasteiger partial charge in [0.15, 0.2) is 0 Å². The second-order valence-corrected chi connectivity index (χ2v) is 5.22. The molecule has 0 spiro atoms. The fourth-order valence-electron chi connectivity index (χ4n) is 2.45. The van der Waals surface area contributed by atoms with Crippen molar-refractivity contribution in [3.05, 3.63) is 0 Å². The van der Waals surface area contributed by atoms with E-state index in [0.717, 1.165) is 13.2 Å². The summed E-state index contributed by atoms with van der Waals surface area (Å²) in [5.41, 5.74) is 0.480. The van der Waals surface area contributed by atoms with Gasteiger partial charge in [0.1, 0.15) is 0 Å². The maximum atomic E-state index is 5.65. The van der Waals surface area contributed by atoms with Gasteiger partial charge in [-0.25, -0.2) is 0 Å². The lowest BCUT2D eigenvalue weighted by molar-refractivity contribution is 0.0977. The molecule has 0 aromatic heterocycles. The summed E-state index contributed by atoms with van der Waals surface area (Å²) in [6.07, 6.45) is 8.29. The third-order valence-corrected chi connectivity index (χ3v) is 3.79. The Labute approximate surface area is 94.8 Å². The van der Waals surface area contributed by atoms with Gasteiger partial charge < -0.3 is 10.1 Å². The van der Waals surface area contributed by atoms with Gasteiger partial charge in [0.2, 0.25) is 0 Å². The first-order valence-corrected chi connectivity index (χ1v) is 6.46. The first-order valence-electron chi connectivity index (χ1n) is 6.46. The Morgan fingerprint density at radius 2 is 2.27 bits per heavy atom. The van der Waals surface area contributed by atoms with Crippen LogP contribution in [0.3, 0.4) is 0 Å². The fourth-order valence-corrected chi connectivity index (χ4v) is 2.45. The van der Waals surface area contributed by atoms with Gasteiger partial charge in [0.05, 0.1) is 6.10 Å². The van der Waals surface area contributed by atoms with Gasteiger partial charge in [-0.3, -0.25) is 0 Å². The third-order valence-electron chi connectivity index (χ3n) is 3.79. The van der Waals surface area contributed by atoms with E-state index in [0.29, 0.717) is 11.5 Å². The summed E-state index contributed by atoms with van der Waals surface area (Å²) in [5.74, 6) is 0. The van der Waals surface area contributed by atoms with Crippen molar-refractivity contribution in [2.24, 2.45) is 5.41 Å². The molecule has 2 heteroatoms. The standard InChI is InChI=1S/C13H27NO/c1-4-13(2,11-14-3)9-5-7-12-8-6-10-15-12/h12,14H,4-11H2,1-3H3. The average molecular weight is 213 g/mol. The van der Waals surface area contributed by atoms with E-state index in [1.54, 1.807) is 0 Å². The van der Waals surface area contributed by atoms with Crippen LogP contribution in [0.5, 0.6) is 0 Å². The highest BCUT2D eigenvalue weighted by atomic mass is 16.5. The van der Waals surface area contributed by atoms with Crippen LogP contribution >= 0.6 is 0 Å². The van der Waals surface area contributed by atoms with Crippen molar-refractivity contribution in [3.8, 4) is 0 Å². The number of hydrogen-bond donors (Lipinski definition) is 1. The molecule has 1 saturated heterocycles. The molecule has 0 radical (unpaired) electrons. The summed E-state index contributed by atoms with van der Waals surface area (Å²) in [5, 5.41) is 3.31. The smallest absolute Gasteiger partial charge is 0.0576 e. The van der Waals surface area contributed by atoms with Crippen LogP contribution in [-0.2, 0) is 4.74 Å². The minimum Gasteiger partial charge on any atom is -0.378 e. The summed E-state index contributed by atoms with van der Waals surface area (Å²) in [4.78, 5) is 0. The SMILES string of the molecule is CCC(C)(CCCC1CCCO1)CNC. The summed E-state index contributed by atoms with van der Waals surface area (Å²) in [7, 11) is 2.05. The zero-order chi connectivity index (χ0) is 11.1. The summed E-state index contributed by atoms with van der Waals surface area (Å²) >= 11 is 0. The van der Waals surface area contributed by atoms with Crippen LogP contribution in [-0.4, -0.2) is 26.3 Å². The molecule has 0 saturated carbocycles. The lowest BCUT2D eigenvalue weighted by Crippen LogP contribution is -2.29. The first-order chi connectivity index (χ1) is 7.20. The van der Waals surface area contributed by atoms with Crippen molar-refractivity contribution in [2.45, 2.75) is 58.5 Å². The van der Waals surface area contributed by atoms with Crippen molar-refractivity contribution in [1.29, 1.82) is 0 Å². The Balaban J connectivity index is 2.15. The molecule has 1 heterocycles. The van der Waals surface area contributed by atoms with Crippen molar-refractivity contribution < 1.29 is 4.74 Å². The van der Waals surface area contributed by atoms with E-state index < -0.39 is 0 Å². The van der Waals surface area contributed by atoms with Gasteiger partial charge in [-0.05, 0) is 44.6 Å². The molecule has 0 bridgehead atoms. The molecule has 0 aromatic carbocycles. The maximum Gasteiger partial charge on any atom is 0.0576 e. The highest BCUT2D eigenvalue weighted by Gasteiger charge is 2.22. The van der Waals surface area contributed by atoms with Gasteiger partial charge in [0.25, 0.3) is 0 Å². The normalized spacial score (nSPS) is 25.4. The van der Waals surface area contributed by atoms with Crippen LogP contribution in [0.25, 0.3) is 0 Å². The predicted molar refractivity (Wildman–Crippen MR) is 65.1 cm³/mol. The second-order valence-electron chi connectivity index (χ2n) is 5.22. The third kappa shape index (κ3) is 4.52. The molecule has 0 amide bonds. The Morgan fingerprint density at radius 1 is 1.47 bits per heavy atom. The molecule has 1 rings (SSSR count). The first kappa shape index (κ1) is 13.0. The van der Waals surface area contributed by atoms with E-state index in [4.69, 9.17) is 4.74 Å². The number of rotatable bonds is 7. The van der Waals surface area contributed by atoms with Gasteiger partial charge in [-0.1, -0.05) is 20.3 Å². The van der Waals surface area contributed by atoms with Crippen LogP contribution in [0.2, 0.25) is 0 Å². The molecule has 2 unspecified atom stereocenters. The summed E-state index contributed by atoms with van der Waals surface area (Å²) in [6, 6.07) is 0. The molecule has 90 valence electrons. The topological polar surface area (TPSA) is 21.3 Å². The van der Waals surface area contributed by atoms with E-state index in [1.807, 2.05) is 7.05 Å². The van der Waals surface area contributed by atoms with Crippen molar-refractivity contribution in [2.75, 3.05) is 20.2 Å². The average Bonchev–Trinajstić information content (AvgIpc) is 2.71. The van der Waals surface area contributed by atoms with Crippen LogP contribution in [0, 0.1) is 5.41 Å². The Bertz CT molecular complexity index is 166. The van der Waals surface area contributed by atoms with Crippen LogP contribution < -0.4 is 5.32 Å². The van der Waals surface area contributed by atoms with Crippen molar-refractivity contribution in [3.63, 3.8) is 0 Å². The van der Waals surface area contributed by atoms with E-state index in [-0.39, 0.29) is 0 Å².